The number of rotatable bonds is 8. The van der Waals surface area contributed by atoms with Crippen LogP contribution in [0.5, 0.6) is 0 Å². The molecule has 4 rings (SSSR count). The van der Waals surface area contributed by atoms with E-state index >= 15 is 0 Å². The van der Waals surface area contributed by atoms with E-state index in [0.29, 0.717) is 16.7 Å². The second kappa shape index (κ2) is 12.1. The van der Waals surface area contributed by atoms with Crippen LogP contribution in [0.1, 0.15) is 41.8 Å². The summed E-state index contributed by atoms with van der Waals surface area (Å²) in [5.74, 6) is -1.09. The number of hydrogen-bond donors (Lipinski definition) is 1. The molecule has 4 nitrogen and oxygen atoms in total. The van der Waals surface area contributed by atoms with Crippen LogP contribution in [0.25, 0.3) is 0 Å². The summed E-state index contributed by atoms with van der Waals surface area (Å²) >= 11 is 6.10. The molecule has 0 radical (unpaired) electrons. The van der Waals surface area contributed by atoms with Gasteiger partial charge in [-0.1, -0.05) is 72.3 Å². The van der Waals surface area contributed by atoms with Crippen molar-refractivity contribution in [2.24, 2.45) is 0 Å². The van der Waals surface area contributed by atoms with Gasteiger partial charge in [-0.25, -0.2) is 9.18 Å². The molecule has 3 aromatic carbocycles. The summed E-state index contributed by atoms with van der Waals surface area (Å²) < 4.78 is 56.4. The minimum atomic E-state index is -4.82. The van der Waals surface area contributed by atoms with Crippen LogP contribution in [0.4, 0.5) is 22.4 Å². The number of hydrogen-bond acceptors (Lipinski definition) is 2. The Morgan fingerprint density at radius 1 is 0.900 bits per heavy atom. The average molecular weight is 570 g/mol. The molecular formula is C31H28ClF4N3O. The van der Waals surface area contributed by atoms with Gasteiger partial charge in [-0.2, -0.15) is 13.2 Å². The molecule has 1 heterocycles. The number of nitrogens with zero attached hydrogens (tertiary/aromatic N) is 2. The first-order valence-electron chi connectivity index (χ1n) is 12.6. The van der Waals surface area contributed by atoms with Crippen LogP contribution in [-0.4, -0.2) is 22.0 Å². The number of benzene rings is 3. The minimum Gasteiger partial charge on any atom is -0.322 e. The molecular weight excluding hydrogens is 542 g/mol. The summed E-state index contributed by atoms with van der Waals surface area (Å²) in [6.07, 6.45) is -3.48. The number of amides is 2. The van der Waals surface area contributed by atoms with E-state index < -0.39 is 29.1 Å². The lowest BCUT2D eigenvalue weighted by Gasteiger charge is -2.38. The minimum absolute atomic E-state index is 0.00770. The number of aromatic nitrogens is 1. The van der Waals surface area contributed by atoms with E-state index in [-0.39, 0.29) is 30.3 Å². The summed E-state index contributed by atoms with van der Waals surface area (Å²) in [5.41, 5.74) is -1.19. The maximum atomic E-state index is 14.9. The molecule has 2 amide bonds. The number of carbonyl (C=O) groups is 1. The predicted molar refractivity (Wildman–Crippen MR) is 147 cm³/mol. The largest absolute Gasteiger partial charge is 0.416 e. The second-order valence-corrected chi connectivity index (χ2v) is 10.2. The van der Waals surface area contributed by atoms with Gasteiger partial charge in [-0.05, 0) is 60.9 Å². The SMILES string of the molecule is CC(C)N(Cc1ccccc1)C(=O)NC(Cc1ccccc1)(c1cc(F)cc(C(F)(F)F)c1)c1ccc(Cl)cn1. The van der Waals surface area contributed by atoms with Gasteiger partial charge in [0.2, 0.25) is 0 Å². The van der Waals surface area contributed by atoms with Crippen LogP contribution in [0.2, 0.25) is 5.02 Å². The third-order valence-corrected chi connectivity index (χ3v) is 6.82. The van der Waals surface area contributed by atoms with Crippen LogP contribution >= 0.6 is 11.6 Å². The highest BCUT2D eigenvalue weighted by Gasteiger charge is 2.42. The summed E-state index contributed by atoms with van der Waals surface area (Å²) in [5, 5.41) is 3.28. The molecule has 1 N–H and O–H groups in total. The summed E-state index contributed by atoms with van der Waals surface area (Å²) in [6, 6.07) is 22.8. The Labute approximate surface area is 235 Å². The van der Waals surface area contributed by atoms with Gasteiger partial charge in [0, 0.05) is 25.2 Å². The van der Waals surface area contributed by atoms with Crippen LogP contribution in [-0.2, 0) is 24.7 Å². The molecule has 0 aliphatic carbocycles. The first-order chi connectivity index (χ1) is 19.0. The zero-order valence-electron chi connectivity index (χ0n) is 21.9. The lowest BCUT2D eigenvalue weighted by atomic mass is 9.79. The topological polar surface area (TPSA) is 45.2 Å². The number of carbonyl (C=O) groups excluding carboxylic acids is 1. The summed E-state index contributed by atoms with van der Waals surface area (Å²) in [6.45, 7) is 3.93. The molecule has 9 heteroatoms. The van der Waals surface area contributed by atoms with Gasteiger partial charge in [-0.15, -0.1) is 0 Å². The molecule has 0 saturated carbocycles. The van der Waals surface area contributed by atoms with E-state index in [1.165, 1.54) is 18.3 Å². The van der Waals surface area contributed by atoms with Gasteiger partial charge in [0.25, 0.3) is 0 Å². The van der Waals surface area contributed by atoms with E-state index in [1.807, 2.05) is 44.2 Å². The highest BCUT2D eigenvalue weighted by atomic mass is 35.5. The van der Waals surface area contributed by atoms with Crippen molar-refractivity contribution in [1.82, 2.24) is 15.2 Å². The normalized spacial score (nSPS) is 13.1. The Hall–Kier alpha value is -3.91. The number of pyridine rings is 1. The Morgan fingerprint density at radius 3 is 2.05 bits per heavy atom. The zero-order chi connectivity index (χ0) is 28.9. The van der Waals surface area contributed by atoms with Gasteiger partial charge < -0.3 is 10.2 Å². The van der Waals surface area contributed by atoms with Crippen LogP contribution < -0.4 is 5.32 Å². The first-order valence-corrected chi connectivity index (χ1v) is 13.0. The van der Waals surface area contributed by atoms with Crippen molar-refractivity contribution in [3.63, 3.8) is 0 Å². The third kappa shape index (κ3) is 6.80. The Kier molecular flexibility index (Phi) is 8.79. The van der Waals surface area contributed by atoms with E-state index in [4.69, 9.17) is 11.6 Å². The van der Waals surface area contributed by atoms with Crippen molar-refractivity contribution >= 4 is 17.6 Å². The average Bonchev–Trinajstić information content (AvgIpc) is 2.92. The summed E-state index contributed by atoms with van der Waals surface area (Å²) in [4.78, 5) is 20.0. The number of halogens is 5. The Morgan fingerprint density at radius 2 is 1.50 bits per heavy atom. The fraction of sp³-hybridized carbons (Fsp3) is 0.226. The van der Waals surface area contributed by atoms with Crippen molar-refractivity contribution in [1.29, 1.82) is 0 Å². The molecule has 0 saturated heterocycles. The molecule has 0 fully saturated rings. The fourth-order valence-electron chi connectivity index (χ4n) is 4.57. The lowest BCUT2D eigenvalue weighted by Crippen LogP contribution is -2.55. The van der Waals surface area contributed by atoms with Crippen molar-refractivity contribution in [3.8, 4) is 0 Å². The molecule has 1 aromatic heterocycles. The fourth-order valence-corrected chi connectivity index (χ4v) is 4.69. The highest BCUT2D eigenvalue weighted by molar-refractivity contribution is 6.30. The van der Waals surface area contributed by atoms with E-state index in [2.05, 4.69) is 10.3 Å². The quantitative estimate of drug-likeness (QED) is 0.219. The first kappa shape index (κ1) is 29.1. The third-order valence-electron chi connectivity index (χ3n) is 6.59. The van der Waals surface area contributed by atoms with Gasteiger partial charge in [0.1, 0.15) is 11.4 Å². The zero-order valence-corrected chi connectivity index (χ0v) is 22.7. The monoisotopic (exact) mass is 569 g/mol. The second-order valence-electron chi connectivity index (χ2n) is 9.79. The van der Waals surface area contributed by atoms with Gasteiger partial charge in [-0.3, -0.25) is 4.98 Å². The van der Waals surface area contributed by atoms with Crippen molar-refractivity contribution in [2.45, 2.75) is 44.6 Å². The maximum absolute atomic E-state index is 14.9. The van der Waals surface area contributed by atoms with Crippen LogP contribution in [0, 0.1) is 5.82 Å². The Balaban J connectivity index is 1.92. The van der Waals surface area contributed by atoms with E-state index in [1.54, 1.807) is 35.2 Å². The number of urea groups is 1. The highest BCUT2D eigenvalue weighted by Crippen LogP contribution is 2.38. The standard InChI is InChI=1S/C31H28ClF4N3O/c1-21(2)39(20-23-11-7-4-8-12-23)29(40)38-30(18-22-9-5-3-6-10-22,28-14-13-26(32)19-37-28)24-15-25(31(34,35)36)17-27(33)16-24/h3-17,19,21H,18,20H2,1-2H3,(H,38,40). The molecule has 0 bridgehead atoms. The molecule has 0 aliphatic rings. The van der Waals surface area contributed by atoms with Gasteiger partial charge in [0.15, 0.2) is 0 Å². The molecule has 40 heavy (non-hydrogen) atoms. The van der Waals surface area contributed by atoms with E-state index in [9.17, 15) is 22.4 Å². The van der Waals surface area contributed by atoms with Crippen molar-refractivity contribution < 1.29 is 22.4 Å². The molecule has 208 valence electrons. The van der Waals surface area contributed by atoms with Crippen molar-refractivity contribution in [3.05, 3.63) is 136 Å². The van der Waals surface area contributed by atoms with Crippen LogP contribution in [0.15, 0.2) is 97.2 Å². The predicted octanol–water partition coefficient (Wildman–Crippen LogP) is 8.00. The lowest BCUT2D eigenvalue weighted by molar-refractivity contribution is -0.137. The summed E-state index contributed by atoms with van der Waals surface area (Å²) in [7, 11) is 0. The van der Waals surface area contributed by atoms with Crippen LogP contribution in [0.3, 0.4) is 0 Å². The van der Waals surface area contributed by atoms with Crippen molar-refractivity contribution in [2.75, 3.05) is 0 Å². The molecule has 1 atom stereocenters. The molecule has 0 spiro atoms. The number of nitrogens with one attached hydrogen (secondary N) is 1. The maximum Gasteiger partial charge on any atom is 0.416 e. The smallest absolute Gasteiger partial charge is 0.322 e. The van der Waals surface area contributed by atoms with Gasteiger partial charge >= 0.3 is 12.2 Å². The van der Waals surface area contributed by atoms with Gasteiger partial charge in [0.05, 0.1) is 16.3 Å². The molecule has 0 aliphatic heterocycles. The molecule has 1 unspecified atom stereocenters. The number of alkyl halides is 3. The Bertz CT molecular complexity index is 1430. The molecule has 4 aromatic rings. The van der Waals surface area contributed by atoms with E-state index in [0.717, 1.165) is 17.7 Å².